The zero-order chi connectivity index (χ0) is 6.85. The largest absolute Gasteiger partial charge is 0.543 e. The number of hydrogen-bond acceptors (Lipinski definition) is 5. The number of carboxylic acid groups (broad SMARTS) is 1. The minimum atomic E-state index is -1.33. The maximum Gasteiger partial charge on any atom is 0.122 e. The molecule has 0 fully saturated rings. The summed E-state index contributed by atoms with van der Waals surface area (Å²) in [5.74, 6) is -1.33. The molecule has 0 saturated carbocycles. The molecule has 1 heterocycles. The maximum absolute atomic E-state index is 10.0. The summed E-state index contributed by atoms with van der Waals surface area (Å²) in [6, 6.07) is 0. The highest BCUT2D eigenvalue weighted by molar-refractivity contribution is 7.04. The van der Waals surface area contributed by atoms with Gasteiger partial charge in [-0.2, -0.15) is 4.37 Å². The molecule has 48 valence electrons. The number of nitrogens with two attached hydrogens (primary N) is 1. The van der Waals surface area contributed by atoms with Crippen molar-refractivity contribution >= 4 is 23.2 Å². The number of hydrogen-bond donors (Lipinski definition) is 1. The third-order valence-corrected chi connectivity index (χ3v) is 1.44. The zero-order valence-electron chi connectivity index (χ0n) is 4.33. The van der Waals surface area contributed by atoms with Crippen LogP contribution in [-0.4, -0.2) is 10.3 Å². The van der Waals surface area contributed by atoms with Gasteiger partial charge in [0.15, 0.2) is 0 Å². The molecule has 4 nitrogen and oxygen atoms in total. The Hall–Kier alpha value is -1.10. The predicted molar refractivity (Wildman–Crippen MR) is 30.9 cm³/mol. The van der Waals surface area contributed by atoms with Gasteiger partial charge in [-0.05, 0) is 11.5 Å². The lowest BCUT2D eigenvalue weighted by atomic mass is 10.4. The van der Waals surface area contributed by atoms with Crippen molar-refractivity contribution in [1.29, 1.82) is 0 Å². The summed E-state index contributed by atoms with van der Waals surface area (Å²) in [6.45, 7) is 0. The van der Waals surface area contributed by atoms with Crippen LogP contribution < -0.4 is 10.8 Å². The Balaban J connectivity index is 3.08. The molecule has 0 bridgehead atoms. The Morgan fingerprint density at radius 3 is 2.78 bits per heavy atom. The van der Waals surface area contributed by atoms with E-state index in [2.05, 4.69) is 4.37 Å². The minimum Gasteiger partial charge on any atom is -0.543 e. The molecule has 0 unspecified atom stereocenters. The van der Waals surface area contributed by atoms with E-state index in [1.165, 1.54) is 5.38 Å². The summed E-state index contributed by atoms with van der Waals surface area (Å²) in [4.78, 5) is 10.0. The summed E-state index contributed by atoms with van der Waals surface area (Å²) in [5, 5.41) is 11.5. The number of anilines is 1. The van der Waals surface area contributed by atoms with Crippen molar-refractivity contribution in [3.63, 3.8) is 0 Å². The monoisotopic (exact) mass is 143 g/mol. The first kappa shape index (κ1) is 6.03. The molecular formula is C4H3N2O2S-. The summed E-state index contributed by atoms with van der Waals surface area (Å²) >= 11 is 0.999. The molecule has 0 spiro atoms. The molecule has 5 heteroatoms. The van der Waals surface area contributed by atoms with E-state index in [4.69, 9.17) is 5.73 Å². The van der Waals surface area contributed by atoms with E-state index >= 15 is 0 Å². The van der Waals surface area contributed by atoms with Crippen LogP contribution in [-0.2, 0) is 0 Å². The van der Waals surface area contributed by atoms with E-state index in [9.17, 15) is 9.90 Å². The van der Waals surface area contributed by atoms with Crippen molar-refractivity contribution in [1.82, 2.24) is 4.37 Å². The first-order valence-corrected chi connectivity index (χ1v) is 2.96. The maximum atomic E-state index is 10.0. The van der Waals surface area contributed by atoms with Crippen LogP contribution in [0.2, 0.25) is 0 Å². The third-order valence-electron chi connectivity index (χ3n) is 0.790. The fourth-order valence-corrected chi connectivity index (χ4v) is 0.963. The van der Waals surface area contributed by atoms with Crippen LogP contribution in [0, 0.1) is 0 Å². The Labute approximate surface area is 55.1 Å². The third kappa shape index (κ3) is 0.996. The van der Waals surface area contributed by atoms with Gasteiger partial charge in [-0.1, -0.05) is 0 Å². The highest BCUT2D eigenvalue weighted by atomic mass is 32.1. The number of carboxylic acids is 1. The van der Waals surface area contributed by atoms with Crippen LogP contribution in [0.4, 0.5) is 5.69 Å². The lowest BCUT2D eigenvalue weighted by Gasteiger charge is -1.94. The highest BCUT2D eigenvalue weighted by Gasteiger charge is 2.00. The lowest BCUT2D eigenvalue weighted by molar-refractivity contribution is -0.255. The molecule has 0 atom stereocenters. The van der Waals surface area contributed by atoms with Crippen LogP contribution >= 0.6 is 11.5 Å². The van der Waals surface area contributed by atoms with Gasteiger partial charge in [-0.25, -0.2) is 0 Å². The Morgan fingerprint density at radius 2 is 2.56 bits per heavy atom. The van der Waals surface area contributed by atoms with Crippen LogP contribution in [0.15, 0.2) is 5.38 Å². The van der Waals surface area contributed by atoms with E-state index in [-0.39, 0.29) is 11.4 Å². The second kappa shape index (κ2) is 2.02. The number of aromatic nitrogens is 1. The molecule has 1 aromatic heterocycles. The van der Waals surface area contributed by atoms with Gasteiger partial charge in [0.05, 0.1) is 11.7 Å². The first-order chi connectivity index (χ1) is 4.22. The van der Waals surface area contributed by atoms with Crippen LogP contribution in [0.25, 0.3) is 0 Å². The lowest BCUT2D eigenvalue weighted by Crippen LogP contribution is -2.23. The number of carbonyl (C=O) groups excluding carboxylic acids is 1. The summed E-state index contributed by atoms with van der Waals surface area (Å²) < 4.78 is 3.47. The fourth-order valence-electron chi connectivity index (χ4n) is 0.399. The molecule has 0 amide bonds. The molecule has 0 saturated heterocycles. The molecule has 0 aliphatic rings. The van der Waals surface area contributed by atoms with Gasteiger partial charge in [0.25, 0.3) is 0 Å². The van der Waals surface area contributed by atoms with Gasteiger partial charge >= 0.3 is 0 Å². The first-order valence-electron chi connectivity index (χ1n) is 2.13. The highest BCUT2D eigenvalue weighted by Crippen LogP contribution is 2.10. The minimum absolute atomic E-state index is 0.167. The standard InChI is InChI=1S/C4H4N2O2S/c5-2-1-9-6-3(2)4(7)8/h1H,5H2,(H,7,8)/p-1. The van der Waals surface area contributed by atoms with Gasteiger partial charge in [-0.3, -0.25) is 0 Å². The van der Waals surface area contributed by atoms with E-state index in [0.29, 0.717) is 0 Å². The SMILES string of the molecule is Nc1csnc1C(=O)[O-]. The second-order valence-corrected chi connectivity index (χ2v) is 2.04. The summed E-state index contributed by atoms with van der Waals surface area (Å²) in [6.07, 6.45) is 0. The molecule has 1 rings (SSSR count). The van der Waals surface area contributed by atoms with Crippen molar-refractivity contribution in [3.05, 3.63) is 11.1 Å². The molecule has 0 radical (unpaired) electrons. The Bertz CT molecular complexity index is 232. The molecular weight excluding hydrogens is 140 g/mol. The number of carbonyl (C=O) groups is 1. The van der Waals surface area contributed by atoms with E-state index < -0.39 is 5.97 Å². The quantitative estimate of drug-likeness (QED) is 0.552. The normalized spacial score (nSPS) is 9.33. The molecule has 0 aromatic carbocycles. The molecule has 1 aromatic rings. The average molecular weight is 143 g/mol. The fraction of sp³-hybridized carbons (Fsp3) is 0. The average Bonchev–Trinajstić information content (AvgIpc) is 2.13. The zero-order valence-corrected chi connectivity index (χ0v) is 5.14. The van der Waals surface area contributed by atoms with Crippen molar-refractivity contribution in [2.24, 2.45) is 0 Å². The summed E-state index contributed by atoms with van der Waals surface area (Å²) in [5.41, 5.74) is 5.17. The van der Waals surface area contributed by atoms with Gasteiger partial charge in [0.1, 0.15) is 5.69 Å². The van der Waals surface area contributed by atoms with Gasteiger partial charge in [-0.15, -0.1) is 0 Å². The van der Waals surface area contributed by atoms with E-state index in [1.807, 2.05) is 0 Å². The van der Waals surface area contributed by atoms with Crippen LogP contribution in [0.5, 0.6) is 0 Å². The number of aromatic carboxylic acids is 1. The smallest absolute Gasteiger partial charge is 0.122 e. The van der Waals surface area contributed by atoms with E-state index in [0.717, 1.165) is 11.5 Å². The number of nitrogens with zero attached hydrogens (tertiary/aromatic N) is 1. The number of nitrogen functional groups attached to an aromatic ring is 1. The van der Waals surface area contributed by atoms with Gasteiger partial charge < -0.3 is 15.6 Å². The topological polar surface area (TPSA) is 79.0 Å². The Kier molecular flexibility index (Phi) is 1.35. The van der Waals surface area contributed by atoms with Gasteiger partial charge in [0.2, 0.25) is 0 Å². The molecule has 0 aliphatic heterocycles. The molecule has 9 heavy (non-hydrogen) atoms. The Morgan fingerprint density at radius 1 is 1.89 bits per heavy atom. The van der Waals surface area contributed by atoms with Crippen molar-refractivity contribution < 1.29 is 9.90 Å². The van der Waals surface area contributed by atoms with E-state index in [1.54, 1.807) is 0 Å². The number of rotatable bonds is 1. The second-order valence-electron chi connectivity index (χ2n) is 1.41. The predicted octanol–water partition coefficient (Wildman–Crippen LogP) is -0.911. The van der Waals surface area contributed by atoms with Crippen LogP contribution in [0.3, 0.4) is 0 Å². The molecule has 2 N–H and O–H groups in total. The van der Waals surface area contributed by atoms with Gasteiger partial charge in [0, 0.05) is 5.38 Å². The van der Waals surface area contributed by atoms with Crippen LogP contribution in [0.1, 0.15) is 10.5 Å². The van der Waals surface area contributed by atoms with Crippen molar-refractivity contribution in [2.45, 2.75) is 0 Å². The van der Waals surface area contributed by atoms with Crippen molar-refractivity contribution in [2.75, 3.05) is 5.73 Å². The van der Waals surface area contributed by atoms with Crippen molar-refractivity contribution in [3.8, 4) is 0 Å². The molecule has 0 aliphatic carbocycles. The summed E-state index contributed by atoms with van der Waals surface area (Å²) in [7, 11) is 0.